The molecule has 110 valence electrons. The molecular weight excluding hydrogens is 248 g/mol. The van der Waals surface area contributed by atoms with Gasteiger partial charge in [0.05, 0.1) is 6.42 Å². The lowest BCUT2D eigenvalue weighted by molar-refractivity contribution is -0.133. The largest absolute Gasteiger partial charge is 0.399 e. The second-order valence-corrected chi connectivity index (χ2v) is 6.30. The Labute approximate surface area is 122 Å². The zero-order chi connectivity index (χ0) is 14.5. The molecule has 0 atom stereocenters. The van der Waals surface area contributed by atoms with Crippen LogP contribution in [0.3, 0.4) is 0 Å². The van der Waals surface area contributed by atoms with Gasteiger partial charge in [0.25, 0.3) is 0 Å². The molecule has 1 fully saturated rings. The molecule has 1 saturated carbocycles. The molecule has 1 aliphatic rings. The maximum atomic E-state index is 12.6. The monoisotopic (exact) mass is 274 g/mol. The Morgan fingerprint density at radius 3 is 2.40 bits per heavy atom. The molecule has 0 heterocycles. The highest BCUT2D eigenvalue weighted by Gasteiger charge is 2.26. The molecule has 0 aliphatic heterocycles. The van der Waals surface area contributed by atoms with Crippen LogP contribution in [0.15, 0.2) is 24.3 Å². The van der Waals surface area contributed by atoms with Gasteiger partial charge in [0.2, 0.25) is 5.91 Å². The van der Waals surface area contributed by atoms with Gasteiger partial charge in [-0.25, -0.2) is 0 Å². The Balaban J connectivity index is 2.03. The van der Waals surface area contributed by atoms with E-state index in [1.54, 1.807) is 0 Å². The number of rotatable bonds is 5. The molecule has 2 rings (SSSR count). The third-order valence-electron chi connectivity index (χ3n) is 3.98. The van der Waals surface area contributed by atoms with Gasteiger partial charge in [0, 0.05) is 18.3 Å². The maximum absolute atomic E-state index is 12.6. The molecule has 1 aromatic rings. The van der Waals surface area contributed by atoms with Crippen LogP contribution in [0.25, 0.3) is 0 Å². The van der Waals surface area contributed by atoms with Gasteiger partial charge in [-0.3, -0.25) is 4.79 Å². The van der Waals surface area contributed by atoms with Crippen LogP contribution in [0.1, 0.15) is 45.1 Å². The van der Waals surface area contributed by atoms with E-state index in [1.807, 2.05) is 24.3 Å². The van der Waals surface area contributed by atoms with Crippen LogP contribution in [-0.4, -0.2) is 23.4 Å². The predicted octanol–water partition coefficient (Wildman–Crippen LogP) is 3.24. The zero-order valence-corrected chi connectivity index (χ0v) is 12.6. The highest BCUT2D eigenvalue weighted by atomic mass is 16.2. The Kier molecular flexibility index (Phi) is 5.05. The number of hydrogen-bond donors (Lipinski definition) is 1. The summed E-state index contributed by atoms with van der Waals surface area (Å²) in [5, 5.41) is 0. The molecule has 0 aromatic heterocycles. The van der Waals surface area contributed by atoms with E-state index in [-0.39, 0.29) is 5.91 Å². The highest BCUT2D eigenvalue weighted by molar-refractivity contribution is 5.79. The van der Waals surface area contributed by atoms with E-state index in [0.29, 0.717) is 18.4 Å². The smallest absolute Gasteiger partial charge is 0.227 e. The molecule has 3 nitrogen and oxygen atoms in total. The van der Waals surface area contributed by atoms with E-state index in [2.05, 4.69) is 18.7 Å². The fourth-order valence-electron chi connectivity index (χ4n) is 2.98. The first-order valence-corrected chi connectivity index (χ1v) is 7.70. The van der Waals surface area contributed by atoms with Gasteiger partial charge in [-0.1, -0.05) is 38.8 Å². The molecule has 20 heavy (non-hydrogen) atoms. The van der Waals surface area contributed by atoms with Crippen molar-refractivity contribution in [2.45, 2.75) is 52.0 Å². The minimum absolute atomic E-state index is 0.260. The summed E-state index contributed by atoms with van der Waals surface area (Å²) in [6.45, 7) is 5.23. The molecular formula is C17H26N2O. The first-order chi connectivity index (χ1) is 9.56. The lowest BCUT2D eigenvalue weighted by Crippen LogP contribution is -2.42. The summed E-state index contributed by atoms with van der Waals surface area (Å²) >= 11 is 0. The van der Waals surface area contributed by atoms with E-state index >= 15 is 0 Å². The summed E-state index contributed by atoms with van der Waals surface area (Å²) < 4.78 is 0. The molecule has 0 saturated heterocycles. The van der Waals surface area contributed by atoms with Crippen molar-refractivity contribution in [1.82, 2.24) is 4.90 Å². The van der Waals surface area contributed by atoms with Gasteiger partial charge >= 0.3 is 0 Å². The standard InChI is InChI=1S/C17H26N2O/c1-13(2)12-19(16-5-3-4-6-16)17(20)11-14-7-9-15(18)10-8-14/h7-10,13,16H,3-6,11-12,18H2,1-2H3. The van der Waals surface area contributed by atoms with Gasteiger partial charge in [-0.15, -0.1) is 0 Å². The number of carbonyl (C=O) groups excluding carboxylic acids is 1. The molecule has 1 aromatic carbocycles. The van der Waals surface area contributed by atoms with E-state index < -0.39 is 0 Å². The lowest BCUT2D eigenvalue weighted by Gasteiger charge is -2.30. The van der Waals surface area contributed by atoms with Gasteiger partial charge < -0.3 is 10.6 Å². The molecule has 1 amide bonds. The third-order valence-corrected chi connectivity index (χ3v) is 3.98. The number of amides is 1. The van der Waals surface area contributed by atoms with Crippen molar-refractivity contribution in [1.29, 1.82) is 0 Å². The Hall–Kier alpha value is -1.51. The fourth-order valence-corrected chi connectivity index (χ4v) is 2.98. The number of nitrogens with two attached hydrogens (primary N) is 1. The van der Waals surface area contributed by atoms with Crippen LogP contribution in [0.5, 0.6) is 0 Å². The average molecular weight is 274 g/mol. The minimum Gasteiger partial charge on any atom is -0.399 e. The van der Waals surface area contributed by atoms with Crippen molar-refractivity contribution in [2.24, 2.45) is 5.92 Å². The molecule has 0 bridgehead atoms. The van der Waals surface area contributed by atoms with Crippen LogP contribution in [0, 0.1) is 5.92 Å². The Bertz CT molecular complexity index is 433. The summed E-state index contributed by atoms with van der Waals surface area (Å²) in [7, 11) is 0. The van der Waals surface area contributed by atoms with Gasteiger partial charge in [0.1, 0.15) is 0 Å². The Morgan fingerprint density at radius 2 is 1.85 bits per heavy atom. The topological polar surface area (TPSA) is 46.3 Å². The van der Waals surface area contributed by atoms with Crippen molar-refractivity contribution >= 4 is 11.6 Å². The summed E-state index contributed by atoms with van der Waals surface area (Å²) in [5.74, 6) is 0.779. The van der Waals surface area contributed by atoms with Crippen molar-refractivity contribution in [2.75, 3.05) is 12.3 Å². The van der Waals surface area contributed by atoms with E-state index in [4.69, 9.17) is 5.73 Å². The first-order valence-electron chi connectivity index (χ1n) is 7.70. The molecule has 3 heteroatoms. The third kappa shape index (κ3) is 3.99. The number of benzene rings is 1. The minimum atomic E-state index is 0.260. The van der Waals surface area contributed by atoms with Crippen LogP contribution < -0.4 is 5.73 Å². The summed E-state index contributed by atoms with van der Waals surface area (Å²) in [6, 6.07) is 8.10. The number of nitrogens with zero attached hydrogens (tertiary/aromatic N) is 1. The number of carbonyl (C=O) groups is 1. The van der Waals surface area contributed by atoms with Gasteiger partial charge in [-0.2, -0.15) is 0 Å². The molecule has 2 N–H and O–H groups in total. The second-order valence-electron chi connectivity index (χ2n) is 6.30. The van der Waals surface area contributed by atoms with Crippen molar-refractivity contribution in [3.63, 3.8) is 0 Å². The van der Waals surface area contributed by atoms with Crippen molar-refractivity contribution in [3.8, 4) is 0 Å². The fraction of sp³-hybridized carbons (Fsp3) is 0.588. The summed E-state index contributed by atoms with van der Waals surface area (Å²) in [5.41, 5.74) is 7.49. The van der Waals surface area contributed by atoms with Crippen LogP contribution in [0.2, 0.25) is 0 Å². The number of hydrogen-bond acceptors (Lipinski definition) is 2. The SMILES string of the molecule is CC(C)CN(C(=O)Cc1ccc(N)cc1)C1CCCC1. The maximum Gasteiger partial charge on any atom is 0.227 e. The highest BCUT2D eigenvalue weighted by Crippen LogP contribution is 2.25. The van der Waals surface area contributed by atoms with Gasteiger partial charge in [0.15, 0.2) is 0 Å². The normalized spacial score (nSPS) is 15.8. The van der Waals surface area contributed by atoms with E-state index in [0.717, 1.165) is 17.8 Å². The van der Waals surface area contributed by atoms with Crippen LogP contribution in [0.4, 0.5) is 5.69 Å². The summed E-state index contributed by atoms with van der Waals surface area (Å²) in [4.78, 5) is 14.7. The number of nitrogen functional groups attached to an aromatic ring is 1. The van der Waals surface area contributed by atoms with Gasteiger partial charge in [-0.05, 0) is 36.5 Å². The predicted molar refractivity (Wildman–Crippen MR) is 83.4 cm³/mol. The Morgan fingerprint density at radius 1 is 1.25 bits per heavy atom. The number of anilines is 1. The van der Waals surface area contributed by atoms with E-state index in [1.165, 1.54) is 25.7 Å². The molecule has 1 aliphatic carbocycles. The summed E-state index contributed by atoms with van der Waals surface area (Å²) in [6.07, 6.45) is 5.34. The van der Waals surface area contributed by atoms with Crippen molar-refractivity contribution in [3.05, 3.63) is 29.8 Å². The second kappa shape index (κ2) is 6.78. The molecule has 0 radical (unpaired) electrons. The molecule has 0 spiro atoms. The quantitative estimate of drug-likeness (QED) is 0.838. The van der Waals surface area contributed by atoms with Crippen LogP contribution in [-0.2, 0) is 11.2 Å². The first kappa shape index (κ1) is 14.9. The van der Waals surface area contributed by atoms with E-state index in [9.17, 15) is 4.79 Å². The molecule has 0 unspecified atom stereocenters. The average Bonchev–Trinajstić information content (AvgIpc) is 2.92. The van der Waals surface area contributed by atoms with Crippen LogP contribution >= 0.6 is 0 Å². The zero-order valence-electron chi connectivity index (χ0n) is 12.6. The van der Waals surface area contributed by atoms with Crippen molar-refractivity contribution < 1.29 is 4.79 Å². The lowest BCUT2D eigenvalue weighted by atomic mass is 10.1.